The fourth-order valence-corrected chi connectivity index (χ4v) is 2.76. The van der Waals surface area contributed by atoms with Crippen molar-refractivity contribution in [1.82, 2.24) is 0 Å². The second-order valence-corrected chi connectivity index (χ2v) is 6.39. The highest BCUT2D eigenvalue weighted by Gasteiger charge is 2.22. The Balaban J connectivity index is 2.25. The maximum atomic E-state index is 12.0. The molecule has 0 atom stereocenters. The fourth-order valence-electron chi connectivity index (χ4n) is 2.22. The Labute approximate surface area is 112 Å². The number of rotatable bonds is 3. The van der Waals surface area contributed by atoms with E-state index in [2.05, 4.69) is 0 Å². The second kappa shape index (κ2) is 5.30. The first-order chi connectivity index (χ1) is 8.88. The van der Waals surface area contributed by atoms with Crippen LogP contribution in [0, 0.1) is 6.92 Å². The number of benzene rings is 1. The number of esters is 1. The van der Waals surface area contributed by atoms with Gasteiger partial charge >= 0.3 is 5.97 Å². The molecule has 0 spiro atoms. The Hall–Kier alpha value is -1.40. The van der Waals surface area contributed by atoms with Gasteiger partial charge in [0.2, 0.25) is 10.0 Å². The summed E-state index contributed by atoms with van der Waals surface area (Å²) in [5.41, 5.74) is 0.939. The molecule has 1 aliphatic rings. The molecule has 0 bridgehead atoms. The number of sulfonamides is 1. The molecule has 0 aliphatic heterocycles. The van der Waals surface area contributed by atoms with Gasteiger partial charge in [-0.3, -0.25) is 0 Å². The van der Waals surface area contributed by atoms with Gasteiger partial charge in [0, 0.05) is 0 Å². The second-order valence-electron chi connectivity index (χ2n) is 4.83. The van der Waals surface area contributed by atoms with Crippen LogP contribution in [0.15, 0.2) is 23.1 Å². The predicted molar refractivity (Wildman–Crippen MR) is 70.2 cm³/mol. The number of primary sulfonamides is 1. The molecule has 5 nitrogen and oxygen atoms in total. The monoisotopic (exact) mass is 283 g/mol. The van der Waals surface area contributed by atoms with Crippen molar-refractivity contribution < 1.29 is 17.9 Å². The van der Waals surface area contributed by atoms with Gasteiger partial charge in [0.25, 0.3) is 0 Å². The number of ether oxygens (including phenoxy) is 1. The lowest BCUT2D eigenvalue weighted by Crippen LogP contribution is -2.17. The molecule has 19 heavy (non-hydrogen) atoms. The van der Waals surface area contributed by atoms with E-state index in [4.69, 9.17) is 9.88 Å². The standard InChI is InChI=1S/C13H17NO4S/c1-9-6-7-11(19(14,16)17)8-12(9)13(15)18-10-4-2-3-5-10/h6-8,10H,2-5H2,1H3,(H2,14,16,17). The molecule has 0 aromatic heterocycles. The molecule has 2 N–H and O–H groups in total. The highest BCUT2D eigenvalue weighted by Crippen LogP contribution is 2.23. The molecule has 6 heteroatoms. The van der Waals surface area contributed by atoms with E-state index in [1.54, 1.807) is 13.0 Å². The van der Waals surface area contributed by atoms with E-state index >= 15 is 0 Å². The minimum atomic E-state index is -3.81. The van der Waals surface area contributed by atoms with Crippen LogP contribution in [0.4, 0.5) is 0 Å². The molecule has 0 radical (unpaired) electrons. The van der Waals surface area contributed by atoms with Crippen molar-refractivity contribution in [3.8, 4) is 0 Å². The van der Waals surface area contributed by atoms with Gasteiger partial charge in [0.15, 0.2) is 0 Å². The van der Waals surface area contributed by atoms with Crippen LogP contribution >= 0.6 is 0 Å². The summed E-state index contributed by atoms with van der Waals surface area (Å²) in [5, 5.41) is 5.06. The first-order valence-electron chi connectivity index (χ1n) is 6.22. The van der Waals surface area contributed by atoms with Gasteiger partial charge in [-0.25, -0.2) is 18.4 Å². The SMILES string of the molecule is Cc1ccc(S(N)(=O)=O)cc1C(=O)OC1CCCC1. The van der Waals surface area contributed by atoms with Crippen molar-refractivity contribution in [3.05, 3.63) is 29.3 Å². The van der Waals surface area contributed by atoms with Crippen molar-refractivity contribution >= 4 is 16.0 Å². The smallest absolute Gasteiger partial charge is 0.338 e. The lowest BCUT2D eigenvalue weighted by atomic mass is 10.1. The van der Waals surface area contributed by atoms with E-state index < -0.39 is 16.0 Å². The number of aryl methyl sites for hydroxylation is 1. The molecular formula is C13H17NO4S. The van der Waals surface area contributed by atoms with Crippen molar-refractivity contribution in [2.24, 2.45) is 5.14 Å². The highest BCUT2D eigenvalue weighted by molar-refractivity contribution is 7.89. The van der Waals surface area contributed by atoms with Gasteiger partial charge in [-0.2, -0.15) is 0 Å². The largest absolute Gasteiger partial charge is 0.459 e. The number of carbonyl (C=O) groups excluding carboxylic acids is 1. The van der Waals surface area contributed by atoms with Crippen LogP contribution < -0.4 is 5.14 Å². The molecule has 1 fully saturated rings. The molecule has 0 unspecified atom stereocenters. The molecule has 1 aromatic rings. The van der Waals surface area contributed by atoms with Crippen LogP contribution in [0.5, 0.6) is 0 Å². The number of carbonyl (C=O) groups is 1. The molecule has 0 saturated heterocycles. The average Bonchev–Trinajstić information content (AvgIpc) is 2.80. The Bertz CT molecular complexity index is 589. The Morgan fingerprint density at radius 2 is 1.95 bits per heavy atom. The van der Waals surface area contributed by atoms with Crippen LogP contribution in [0.25, 0.3) is 0 Å². The van der Waals surface area contributed by atoms with Gasteiger partial charge in [0.1, 0.15) is 6.10 Å². The third-order valence-corrected chi connectivity index (χ3v) is 4.24. The lowest BCUT2D eigenvalue weighted by molar-refractivity contribution is 0.0316. The fraction of sp³-hybridized carbons (Fsp3) is 0.462. The van der Waals surface area contributed by atoms with Crippen LogP contribution in [0.2, 0.25) is 0 Å². The summed E-state index contributed by atoms with van der Waals surface area (Å²) in [6.07, 6.45) is 3.83. The number of hydrogen-bond donors (Lipinski definition) is 1. The van der Waals surface area contributed by atoms with Gasteiger partial charge in [-0.15, -0.1) is 0 Å². The molecule has 1 aromatic carbocycles. The molecular weight excluding hydrogens is 266 g/mol. The molecule has 0 amide bonds. The normalized spacial score (nSPS) is 16.5. The summed E-state index contributed by atoms with van der Waals surface area (Å²) < 4.78 is 27.9. The third-order valence-electron chi connectivity index (χ3n) is 3.33. The quantitative estimate of drug-likeness (QED) is 0.856. The van der Waals surface area contributed by atoms with Crippen LogP contribution in [0.3, 0.4) is 0 Å². The Morgan fingerprint density at radius 1 is 1.32 bits per heavy atom. The van der Waals surface area contributed by atoms with Crippen molar-refractivity contribution in [1.29, 1.82) is 0 Å². The molecule has 2 rings (SSSR count). The topological polar surface area (TPSA) is 86.5 Å². The van der Waals surface area contributed by atoms with Gasteiger partial charge in [-0.1, -0.05) is 6.07 Å². The summed E-state index contributed by atoms with van der Waals surface area (Å²) in [4.78, 5) is 12.0. The Morgan fingerprint density at radius 3 is 2.53 bits per heavy atom. The summed E-state index contributed by atoms with van der Waals surface area (Å²) in [7, 11) is -3.81. The summed E-state index contributed by atoms with van der Waals surface area (Å²) in [5.74, 6) is -0.477. The summed E-state index contributed by atoms with van der Waals surface area (Å²) in [6.45, 7) is 1.73. The molecule has 104 valence electrons. The molecule has 1 aliphatic carbocycles. The minimum Gasteiger partial charge on any atom is -0.459 e. The lowest BCUT2D eigenvalue weighted by Gasteiger charge is -2.13. The first-order valence-corrected chi connectivity index (χ1v) is 7.77. The molecule has 0 heterocycles. The van der Waals surface area contributed by atoms with E-state index in [0.717, 1.165) is 25.7 Å². The summed E-state index contributed by atoms with van der Waals surface area (Å²) >= 11 is 0. The van der Waals surface area contributed by atoms with E-state index in [-0.39, 0.29) is 16.6 Å². The minimum absolute atomic E-state index is 0.0509. The predicted octanol–water partition coefficient (Wildman–Crippen LogP) is 1.74. The van der Waals surface area contributed by atoms with Crippen molar-refractivity contribution in [2.75, 3.05) is 0 Å². The zero-order valence-electron chi connectivity index (χ0n) is 10.8. The van der Waals surface area contributed by atoms with Crippen LogP contribution in [-0.4, -0.2) is 20.5 Å². The average molecular weight is 283 g/mol. The summed E-state index contributed by atoms with van der Waals surface area (Å²) in [6, 6.07) is 4.23. The maximum absolute atomic E-state index is 12.0. The van der Waals surface area contributed by atoms with E-state index in [0.29, 0.717) is 5.56 Å². The van der Waals surface area contributed by atoms with E-state index in [9.17, 15) is 13.2 Å². The van der Waals surface area contributed by atoms with Crippen molar-refractivity contribution in [2.45, 2.75) is 43.6 Å². The Kier molecular flexibility index (Phi) is 3.91. The first kappa shape index (κ1) is 14.0. The maximum Gasteiger partial charge on any atom is 0.338 e. The number of hydrogen-bond acceptors (Lipinski definition) is 4. The zero-order chi connectivity index (χ0) is 14.0. The van der Waals surface area contributed by atoms with E-state index in [1.165, 1.54) is 12.1 Å². The number of nitrogens with two attached hydrogens (primary N) is 1. The van der Waals surface area contributed by atoms with E-state index in [1.807, 2.05) is 0 Å². The third kappa shape index (κ3) is 3.33. The van der Waals surface area contributed by atoms with Gasteiger partial charge in [-0.05, 0) is 50.3 Å². The van der Waals surface area contributed by atoms with Crippen molar-refractivity contribution in [3.63, 3.8) is 0 Å². The van der Waals surface area contributed by atoms with Crippen LogP contribution in [0.1, 0.15) is 41.6 Å². The van der Waals surface area contributed by atoms with Gasteiger partial charge in [0.05, 0.1) is 10.5 Å². The molecule has 1 saturated carbocycles. The van der Waals surface area contributed by atoms with Crippen LogP contribution in [-0.2, 0) is 14.8 Å². The van der Waals surface area contributed by atoms with Gasteiger partial charge < -0.3 is 4.74 Å². The zero-order valence-corrected chi connectivity index (χ0v) is 11.6. The highest BCUT2D eigenvalue weighted by atomic mass is 32.2.